The van der Waals surface area contributed by atoms with Gasteiger partial charge in [-0.25, -0.2) is 9.59 Å². The molecule has 0 unspecified atom stereocenters. The van der Waals surface area contributed by atoms with Crippen LogP contribution in [-0.2, 0) is 20.9 Å². The Hall–Kier alpha value is -2.77. The van der Waals surface area contributed by atoms with Crippen LogP contribution in [0.1, 0.15) is 45.6 Å². The van der Waals surface area contributed by atoms with E-state index in [1.807, 2.05) is 30.3 Å². The number of ether oxygens (including phenoxy) is 2. The summed E-state index contributed by atoms with van der Waals surface area (Å²) in [5, 5.41) is 14.7. The number of carbonyl (C=O) groups excluding carboxylic acids is 2. The van der Waals surface area contributed by atoms with E-state index in [1.54, 1.807) is 20.8 Å². The smallest absolute Gasteiger partial charge is 0.407 e. The number of carboxylic acid groups (broad SMARTS) is 1. The molecule has 1 fully saturated rings. The fourth-order valence-electron chi connectivity index (χ4n) is 3.10. The van der Waals surface area contributed by atoms with Crippen LogP contribution >= 0.6 is 0 Å². The molecule has 28 heavy (non-hydrogen) atoms. The van der Waals surface area contributed by atoms with E-state index >= 15 is 0 Å². The summed E-state index contributed by atoms with van der Waals surface area (Å²) in [5.41, 5.74) is 0.179. The van der Waals surface area contributed by atoms with E-state index in [1.165, 1.54) is 0 Å². The van der Waals surface area contributed by atoms with Gasteiger partial charge < -0.3 is 25.2 Å². The van der Waals surface area contributed by atoms with E-state index in [0.717, 1.165) is 5.56 Å². The number of benzene rings is 1. The first kappa shape index (κ1) is 21.5. The third kappa shape index (κ3) is 7.09. The number of aliphatic carboxylic acids is 1. The second kappa shape index (κ2) is 9.43. The van der Waals surface area contributed by atoms with Crippen molar-refractivity contribution in [1.82, 2.24) is 10.6 Å². The molecule has 1 aromatic rings. The molecule has 0 aliphatic heterocycles. The molecular weight excluding hydrogens is 364 g/mol. The van der Waals surface area contributed by atoms with Crippen LogP contribution in [-0.4, -0.2) is 40.9 Å². The molecule has 0 radical (unpaired) electrons. The third-order valence-corrected chi connectivity index (χ3v) is 4.42. The highest BCUT2D eigenvalue weighted by molar-refractivity contribution is 5.72. The molecule has 2 amide bonds. The van der Waals surface area contributed by atoms with Gasteiger partial charge in [-0.05, 0) is 45.6 Å². The topological polar surface area (TPSA) is 114 Å². The molecule has 3 N–H and O–H groups in total. The minimum absolute atomic E-state index is 0.126. The number of rotatable bonds is 5. The molecule has 0 saturated heterocycles. The lowest BCUT2D eigenvalue weighted by molar-refractivity contribution is -0.143. The molecule has 0 spiro atoms. The molecule has 0 heterocycles. The van der Waals surface area contributed by atoms with Gasteiger partial charge in [-0.2, -0.15) is 0 Å². The van der Waals surface area contributed by atoms with E-state index < -0.39 is 41.8 Å². The van der Waals surface area contributed by atoms with Gasteiger partial charge in [0.05, 0.1) is 18.0 Å². The minimum atomic E-state index is -0.916. The predicted molar refractivity (Wildman–Crippen MR) is 102 cm³/mol. The molecule has 1 aliphatic rings. The average molecular weight is 392 g/mol. The summed E-state index contributed by atoms with van der Waals surface area (Å²) in [7, 11) is 0. The van der Waals surface area contributed by atoms with Gasteiger partial charge >= 0.3 is 18.2 Å². The Morgan fingerprint density at radius 3 is 2.29 bits per heavy atom. The van der Waals surface area contributed by atoms with E-state index in [4.69, 9.17) is 9.47 Å². The molecule has 154 valence electrons. The van der Waals surface area contributed by atoms with Crippen molar-refractivity contribution in [3.05, 3.63) is 35.9 Å². The first-order chi connectivity index (χ1) is 13.1. The molecule has 2 rings (SSSR count). The molecule has 8 heteroatoms. The SMILES string of the molecule is CC(C)(C)OC(=O)N[C@H]1C[C@H](C(=O)O)CC[C@H]1NC(=O)OCc1ccccc1. The lowest BCUT2D eigenvalue weighted by Crippen LogP contribution is -2.55. The molecular formula is C20H28N2O6. The maximum absolute atomic E-state index is 12.2. The summed E-state index contributed by atoms with van der Waals surface area (Å²) in [6.45, 7) is 5.35. The summed E-state index contributed by atoms with van der Waals surface area (Å²) in [5.74, 6) is -1.50. The van der Waals surface area contributed by atoms with E-state index in [0.29, 0.717) is 12.8 Å². The quantitative estimate of drug-likeness (QED) is 0.710. The summed E-state index contributed by atoms with van der Waals surface area (Å²) in [6, 6.07) is 8.27. The average Bonchev–Trinajstić information content (AvgIpc) is 2.60. The van der Waals surface area contributed by atoms with Crippen molar-refractivity contribution in [3.63, 3.8) is 0 Å². The molecule has 3 atom stereocenters. The van der Waals surface area contributed by atoms with Crippen LogP contribution in [0.3, 0.4) is 0 Å². The van der Waals surface area contributed by atoms with Gasteiger partial charge in [0, 0.05) is 0 Å². The summed E-state index contributed by atoms with van der Waals surface area (Å²) >= 11 is 0. The molecule has 1 aromatic carbocycles. The Morgan fingerprint density at radius 1 is 1.04 bits per heavy atom. The first-order valence-electron chi connectivity index (χ1n) is 9.33. The van der Waals surface area contributed by atoms with Gasteiger partial charge in [0.1, 0.15) is 12.2 Å². The van der Waals surface area contributed by atoms with Gasteiger partial charge in [0.2, 0.25) is 0 Å². The van der Waals surface area contributed by atoms with Gasteiger partial charge in [-0.1, -0.05) is 30.3 Å². The Kier molecular flexibility index (Phi) is 7.25. The highest BCUT2D eigenvalue weighted by Gasteiger charge is 2.36. The van der Waals surface area contributed by atoms with E-state index in [9.17, 15) is 19.5 Å². The molecule has 0 aromatic heterocycles. The zero-order chi connectivity index (χ0) is 20.7. The van der Waals surface area contributed by atoms with Gasteiger partial charge in [0.15, 0.2) is 0 Å². The second-order valence-corrected chi connectivity index (χ2v) is 7.91. The van der Waals surface area contributed by atoms with Crippen molar-refractivity contribution in [2.75, 3.05) is 0 Å². The Balaban J connectivity index is 1.95. The second-order valence-electron chi connectivity index (χ2n) is 7.91. The van der Waals surface area contributed by atoms with Gasteiger partial charge in [0.25, 0.3) is 0 Å². The Morgan fingerprint density at radius 2 is 1.68 bits per heavy atom. The highest BCUT2D eigenvalue weighted by atomic mass is 16.6. The van der Waals surface area contributed by atoms with Gasteiger partial charge in [-0.3, -0.25) is 4.79 Å². The zero-order valence-corrected chi connectivity index (χ0v) is 16.4. The fraction of sp³-hybridized carbons (Fsp3) is 0.550. The Labute approximate surface area is 164 Å². The normalized spacial score (nSPS) is 22.0. The highest BCUT2D eigenvalue weighted by Crippen LogP contribution is 2.25. The van der Waals surface area contributed by atoms with Crippen molar-refractivity contribution < 1.29 is 29.0 Å². The Bertz CT molecular complexity index is 686. The molecule has 1 aliphatic carbocycles. The summed E-state index contributed by atoms with van der Waals surface area (Å²) in [4.78, 5) is 35.6. The van der Waals surface area contributed by atoms with Crippen LogP contribution in [0.2, 0.25) is 0 Å². The standard InChI is InChI=1S/C20H28N2O6/c1-20(2,3)28-19(26)22-16-11-14(17(23)24)9-10-15(16)21-18(25)27-12-13-7-5-4-6-8-13/h4-8,14-16H,9-12H2,1-3H3,(H,21,25)(H,22,26)(H,23,24)/t14-,15-,16+/m1/s1. The van der Waals surface area contributed by atoms with Crippen LogP contribution < -0.4 is 10.6 Å². The van der Waals surface area contributed by atoms with Crippen molar-refractivity contribution in [2.45, 2.75) is 64.3 Å². The summed E-state index contributed by atoms with van der Waals surface area (Å²) in [6.07, 6.45) is -0.228. The van der Waals surface area contributed by atoms with Crippen LogP contribution in [0.4, 0.5) is 9.59 Å². The maximum atomic E-state index is 12.2. The lowest BCUT2D eigenvalue weighted by atomic mass is 9.82. The third-order valence-electron chi connectivity index (χ3n) is 4.42. The number of carbonyl (C=O) groups is 3. The van der Waals surface area contributed by atoms with Crippen LogP contribution in [0.5, 0.6) is 0 Å². The van der Waals surface area contributed by atoms with E-state index in [2.05, 4.69) is 10.6 Å². The number of nitrogens with one attached hydrogen (secondary N) is 2. The number of amides is 2. The van der Waals surface area contributed by atoms with Crippen molar-refractivity contribution in [1.29, 1.82) is 0 Å². The molecule has 8 nitrogen and oxygen atoms in total. The first-order valence-corrected chi connectivity index (χ1v) is 9.33. The lowest BCUT2D eigenvalue weighted by Gasteiger charge is -2.35. The monoisotopic (exact) mass is 392 g/mol. The number of carboxylic acids is 1. The van der Waals surface area contributed by atoms with E-state index in [-0.39, 0.29) is 13.0 Å². The van der Waals surface area contributed by atoms with Crippen LogP contribution in [0.15, 0.2) is 30.3 Å². The zero-order valence-electron chi connectivity index (χ0n) is 16.4. The predicted octanol–water partition coefficient (Wildman–Crippen LogP) is 3.06. The number of hydrogen-bond acceptors (Lipinski definition) is 5. The van der Waals surface area contributed by atoms with Crippen LogP contribution in [0.25, 0.3) is 0 Å². The maximum Gasteiger partial charge on any atom is 0.407 e. The molecule has 0 bridgehead atoms. The van der Waals surface area contributed by atoms with Crippen molar-refractivity contribution in [3.8, 4) is 0 Å². The number of alkyl carbamates (subject to hydrolysis) is 2. The fourth-order valence-corrected chi connectivity index (χ4v) is 3.10. The number of hydrogen-bond donors (Lipinski definition) is 3. The largest absolute Gasteiger partial charge is 0.481 e. The van der Waals surface area contributed by atoms with Crippen molar-refractivity contribution in [2.24, 2.45) is 5.92 Å². The van der Waals surface area contributed by atoms with Crippen molar-refractivity contribution >= 4 is 18.2 Å². The minimum Gasteiger partial charge on any atom is -0.481 e. The van der Waals surface area contributed by atoms with Crippen LogP contribution in [0, 0.1) is 5.92 Å². The summed E-state index contributed by atoms with van der Waals surface area (Å²) < 4.78 is 10.5. The van der Waals surface area contributed by atoms with Gasteiger partial charge in [-0.15, -0.1) is 0 Å². The molecule has 1 saturated carbocycles.